The molecule has 5 nitrogen and oxygen atoms in total. The minimum Gasteiger partial charge on any atom is -0.388 e. The molecule has 2 fully saturated rings. The molecule has 0 radical (unpaired) electrons. The lowest BCUT2D eigenvalue weighted by Gasteiger charge is -2.32. The number of hydrogen-bond acceptors (Lipinski definition) is 4. The first-order valence-electron chi connectivity index (χ1n) is 6.35. The molecule has 2 rings (SSSR count). The summed E-state index contributed by atoms with van der Waals surface area (Å²) in [6.07, 6.45) is 3.01. The molecule has 0 bridgehead atoms. The van der Waals surface area contributed by atoms with Crippen molar-refractivity contribution in [3.8, 4) is 0 Å². The third-order valence-electron chi connectivity index (χ3n) is 3.55. The van der Waals surface area contributed by atoms with Crippen molar-refractivity contribution < 1.29 is 19.4 Å². The van der Waals surface area contributed by atoms with Crippen LogP contribution in [0.2, 0.25) is 0 Å². The highest BCUT2D eigenvalue weighted by Crippen LogP contribution is 2.20. The van der Waals surface area contributed by atoms with Crippen LogP contribution in [0.4, 0.5) is 0 Å². The molecular weight excluding hydrogens is 222 g/mol. The Morgan fingerprint density at radius 3 is 2.71 bits per heavy atom. The van der Waals surface area contributed by atoms with Crippen molar-refractivity contribution in [3.63, 3.8) is 0 Å². The Balaban J connectivity index is 1.74. The van der Waals surface area contributed by atoms with E-state index in [9.17, 15) is 9.90 Å². The second kappa shape index (κ2) is 5.80. The number of aliphatic hydroxyl groups is 1. The van der Waals surface area contributed by atoms with Crippen molar-refractivity contribution >= 4 is 5.91 Å². The van der Waals surface area contributed by atoms with Gasteiger partial charge in [-0.2, -0.15) is 0 Å². The maximum Gasteiger partial charge on any atom is 0.225 e. The van der Waals surface area contributed by atoms with Gasteiger partial charge >= 0.3 is 0 Å². The van der Waals surface area contributed by atoms with Gasteiger partial charge in [-0.25, -0.2) is 0 Å². The van der Waals surface area contributed by atoms with Crippen LogP contribution in [0.15, 0.2) is 0 Å². The van der Waals surface area contributed by atoms with E-state index in [2.05, 4.69) is 5.32 Å². The molecule has 98 valence electrons. The zero-order chi connectivity index (χ0) is 12.1. The predicted octanol–water partition coefficient (Wildman–Crippen LogP) is 0.0707. The van der Waals surface area contributed by atoms with Gasteiger partial charge in [-0.05, 0) is 12.8 Å². The van der Waals surface area contributed by atoms with Gasteiger partial charge in [-0.15, -0.1) is 0 Å². The SMILES string of the molecule is O=C(NCC1(O)CCOCC1)C1CCCOC1. The molecule has 2 saturated heterocycles. The van der Waals surface area contributed by atoms with Crippen LogP contribution >= 0.6 is 0 Å². The third-order valence-corrected chi connectivity index (χ3v) is 3.55. The quantitative estimate of drug-likeness (QED) is 0.736. The Kier molecular flexibility index (Phi) is 4.36. The molecule has 1 unspecified atom stereocenters. The van der Waals surface area contributed by atoms with Crippen molar-refractivity contribution in [1.82, 2.24) is 5.32 Å². The van der Waals surface area contributed by atoms with Crippen molar-refractivity contribution in [3.05, 3.63) is 0 Å². The van der Waals surface area contributed by atoms with E-state index in [1.165, 1.54) is 0 Å². The molecule has 0 aromatic heterocycles. The fourth-order valence-corrected chi connectivity index (χ4v) is 2.27. The lowest BCUT2D eigenvalue weighted by Crippen LogP contribution is -2.48. The minimum atomic E-state index is -0.788. The lowest BCUT2D eigenvalue weighted by atomic mass is 9.94. The van der Waals surface area contributed by atoms with Gasteiger partial charge < -0.3 is 19.9 Å². The fraction of sp³-hybridized carbons (Fsp3) is 0.917. The van der Waals surface area contributed by atoms with Crippen LogP contribution in [-0.4, -0.2) is 49.6 Å². The fourth-order valence-electron chi connectivity index (χ4n) is 2.27. The zero-order valence-electron chi connectivity index (χ0n) is 10.1. The van der Waals surface area contributed by atoms with Crippen LogP contribution < -0.4 is 5.32 Å². The second-order valence-electron chi connectivity index (χ2n) is 4.97. The van der Waals surface area contributed by atoms with Gasteiger partial charge in [0.05, 0.1) is 18.1 Å². The molecule has 0 spiro atoms. The monoisotopic (exact) mass is 243 g/mol. The van der Waals surface area contributed by atoms with E-state index in [-0.39, 0.29) is 11.8 Å². The zero-order valence-corrected chi connectivity index (χ0v) is 10.1. The summed E-state index contributed by atoms with van der Waals surface area (Å²) in [4.78, 5) is 11.8. The number of carbonyl (C=O) groups is 1. The normalized spacial score (nSPS) is 28.6. The molecule has 2 N–H and O–H groups in total. The number of hydrogen-bond donors (Lipinski definition) is 2. The average Bonchev–Trinajstić information content (AvgIpc) is 2.38. The molecular formula is C12H21NO4. The first-order chi connectivity index (χ1) is 8.20. The highest BCUT2D eigenvalue weighted by Gasteiger charge is 2.31. The standard InChI is InChI=1S/C12H21NO4/c14-11(10-2-1-5-17-8-10)13-9-12(15)3-6-16-7-4-12/h10,15H,1-9H2,(H,13,14). The smallest absolute Gasteiger partial charge is 0.225 e. The Hall–Kier alpha value is -0.650. The molecule has 0 aromatic carbocycles. The van der Waals surface area contributed by atoms with E-state index >= 15 is 0 Å². The van der Waals surface area contributed by atoms with Crippen molar-refractivity contribution in [2.75, 3.05) is 33.0 Å². The van der Waals surface area contributed by atoms with E-state index in [1.54, 1.807) is 0 Å². The van der Waals surface area contributed by atoms with E-state index in [0.29, 0.717) is 39.2 Å². The highest BCUT2D eigenvalue weighted by molar-refractivity contribution is 5.78. The first-order valence-corrected chi connectivity index (χ1v) is 6.35. The summed E-state index contributed by atoms with van der Waals surface area (Å²) >= 11 is 0. The molecule has 1 amide bonds. The van der Waals surface area contributed by atoms with Gasteiger partial charge in [0, 0.05) is 39.2 Å². The van der Waals surface area contributed by atoms with Crippen LogP contribution in [0.25, 0.3) is 0 Å². The van der Waals surface area contributed by atoms with Crippen molar-refractivity contribution in [2.24, 2.45) is 5.92 Å². The highest BCUT2D eigenvalue weighted by atomic mass is 16.5. The van der Waals surface area contributed by atoms with Crippen LogP contribution in [-0.2, 0) is 14.3 Å². The molecule has 2 aliphatic rings. The lowest BCUT2D eigenvalue weighted by molar-refractivity contribution is -0.131. The average molecular weight is 243 g/mol. The van der Waals surface area contributed by atoms with Gasteiger partial charge in [-0.1, -0.05) is 0 Å². The van der Waals surface area contributed by atoms with Gasteiger partial charge in [0.1, 0.15) is 0 Å². The molecule has 5 heteroatoms. The molecule has 2 heterocycles. The first kappa shape index (κ1) is 12.8. The number of amides is 1. The summed E-state index contributed by atoms with van der Waals surface area (Å²) in [5, 5.41) is 13.0. The number of nitrogens with one attached hydrogen (secondary N) is 1. The summed E-state index contributed by atoms with van der Waals surface area (Å²) < 4.78 is 10.5. The Morgan fingerprint density at radius 1 is 1.29 bits per heavy atom. The summed E-state index contributed by atoms with van der Waals surface area (Å²) in [6.45, 7) is 2.72. The molecule has 2 aliphatic heterocycles. The van der Waals surface area contributed by atoms with Crippen LogP contribution in [0.5, 0.6) is 0 Å². The van der Waals surface area contributed by atoms with Crippen LogP contribution in [0.3, 0.4) is 0 Å². The van der Waals surface area contributed by atoms with E-state index in [4.69, 9.17) is 9.47 Å². The Labute approximate surface area is 101 Å². The third kappa shape index (κ3) is 3.66. The molecule has 0 saturated carbocycles. The van der Waals surface area contributed by atoms with E-state index in [0.717, 1.165) is 19.4 Å². The summed E-state index contributed by atoms with van der Waals surface area (Å²) in [7, 11) is 0. The number of ether oxygens (including phenoxy) is 2. The summed E-state index contributed by atoms with van der Waals surface area (Å²) in [6, 6.07) is 0. The Morgan fingerprint density at radius 2 is 2.06 bits per heavy atom. The molecule has 0 aromatic rings. The maximum atomic E-state index is 11.8. The predicted molar refractivity (Wildman–Crippen MR) is 61.6 cm³/mol. The second-order valence-corrected chi connectivity index (χ2v) is 4.97. The van der Waals surface area contributed by atoms with Crippen LogP contribution in [0.1, 0.15) is 25.7 Å². The van der Waals surface area contributed by atoms with E-state index in [1.807, 2.05) is 0 Å². The minimum absolute atomic E-state index is 0.00427. The largest absolute Gasteiger partial charge is 0.388 e. The van der Waals surface area contributed by atoms with Gasteiger partial charge in [0.2, 0.25) is 5.91 Å². The number of carbonyl (C=O) groups excluding carboxylic acids is 1. The van der Waals surface area contributed by atoms with Crippen molar-refractivity contribution in [2.45, 2.75) is 31.3 Å². The van der Waals surface area contributed by atoms with Gasteiger partial charge in [0.15, 0.2) is 0 Å². The summed E-state index contributed by atoms with van der Waals surface area (Å²) in [5.74, 6) is -0.0446. The summed E-state index contributed by atoms with van der Waals surface area (Å²) in [5.41, 5.74) is -0.788. The Bertz CT molecular complexity index is 257. The number of rotatable bonds is 3. The molecule has 0 aliphatic carbocycles. The van der Waals surface area contributed by atoms with Crippen molar-refractivity contribution in [1.29, 1.82) is 0 Å². The topological polar surface area (TPSA) is 67.8 Å². The maximum absolute atomic E-state index is 11.8. The van der Waals surface area contributed by atoms with Gasteiger partial charge in [0.25, 0.3) is 0 Å². The van der Waals surface area contributed by atoms with E-state index < -0.39 is 5.60 Å². The molecule has 17 heavy (non-hydrogen) atoms. The van der Waals surface area contributed by atoms with Gasteiger partial charge in [-0.3, -0.25) is 4.79 Å². The molecule has 1 atom stereocenters. The van der Waals surface area contributed by atoms with Crippen LogP contribution in [0, 0.1) is 5.92 Å².